The van der Waals surface area contributed by atoms with Crippen LogP contribution in [0, 0.1) is 5.92 Å². The van der Waals surface area contributed by atoms with Gasteiger partial charge in [-0.2, -0.15) is 0 Å². The van der Waals surface area contributed by atoms with Crippen LogP contribution in [0.15, 0.2) is 0 Å². The largest absolute Gasteiger partial charge is 0.382 e. The standard InChI is InChI=1S/C9H18N2O3/c1-13-2-3-14-7-9(12)11-5-8(4-10)6-11/h8H,2-7,10H2,1H3. The summed E-state index contributed by atoms with van der Waals surface area (Å²) < 4.78 is 9.91. The van der Waals surface area contributed by atoms with E-state index in [1.807, 2.05) is 0 Å². The molecule has 14 heavy (non-hydrogen) atoms. The summed E-state index contributed by atoms with van der Waals surface area (Å²) >= 11 is 0. The van der Waals surface area contributed by atoms with E-state index in [2.05, 4.69) is 0 Å². The van der Waals surface area contributed by atoms with E-state index in [-0.39, 0.29) is 12.5 Å². The zero-order valence-corrected chi connectivity index (χ0v) is 8.57. The van der Waals surface area contributed by atoms with Gasteiger partial charge >= 0.3 is 0 Å². The van der Waals surface area contributed by atoms with Crippen molar-refractivity contribution in [1.29, 1.82) is 0 Å². The molecule has 1 aliphatic heterocycles. The summed E-state index contributed by atoms with van der Waals surface area (Å²) in [4.78, 5) is 13.1. The average molecular weight is 202 g/mol. The Labute approximate surface area is 84.1 Å². The molecule has 1 rings (SSSR count). The number of nitrogens with two attached hydrogens (primary N) is 1. The highest BCUT2D eigenvalue weighted by atomic mass is 16.5. The zero-order chi connectivity index (χ0) is 10.4. The van der Waals surface area contributed by atoms with Crippen LogP contribution in [-0.2, 0) is 14.3 Å². The predicted molar refractivity (Wildman–Crippen MR) is 51.8 cm³/mol. The maximum Gasteiger partial charge on any atom is 0.248 e. The fraction of sp³-hybridized carbons (Fsp3) is 0.889. The molecule has 0 aromatic heterocycles. The summed E-state index contributed by atoms with van der Waals surface area (Å²) in [5.41, 5.74) is 5.45. The molecule has 0 unspecified atom stereocenters. The van der Waals surface area contributed by atoms with Gasteiger partial charge in [0.25, 0.3) is 0 Å². The predicted octanol–water partition coefficient (Wildman–Crippen LogP) is -0.933. The lowest BCUT2D eigenvalue weighted by atomic mass is 10.0. The average Bonchev–Trinajstić information content (AvgIpc) is 2.11. The van der Waals surface area contributed by atoms with Gasteiger partial charge in [-0.05, 0) is 6.54 Å². The van der Waals surface area contributed by atoms with Gasteiger partial charge in [-0.15, -0.1) is 0 Å². The van der Waals surface area contributed by atoms with Crippen molar-refractivity contribution < 1.29 is 14.3 Å². The number of hydrogen-bond acceptors (Lipinski definition) is 4. The van der Waals surface area contributed by atoms with E-state index in [0.717, 1.165) is 13.1 Å². The van der Waals surface area contributed by atoms with Gasteiger partial charge in [0.15, 0.2) is 0 Å². The van der Waals surface area contributed by atoms with Crippen LogP contribution in [0.3, 0.4) is 0 Å². The molecule has 0 aliphatic carbocycles. The summed E-state index contributed by atoms with van der Waals surface area (Å²) in [7, 11) is 1.60. The fourth-order valence-electron chi connectivity index (χ4n) is 1.32. The van der Waals surface area contributed by atoms with Crippen molar-refractivity contribution in [2.75, 3.05) is 46.6 Å². The van der Waals surface area contributed by atoms with Crippen LogP contribution in [0.4, 0.5) is 0 Å². The van der Waals surface area contributed by atoms with Crippen molar-refractivity contribution in [3.05, 3.63) is 0 Å². The number of amides is 1. The Bertz CT molecular complexity index is 181. The SMILES string of the molecule is COCCOCC(=O)N1CC(CN)C1. The molecule has 0 atom stereocenters. The molecular weight excluding hydrogens is 184 g/mol. The number of carbonyl (C=O) groups excluding carboxylic acids is 1. The van der Waals surface area contributed by atoms with Crippen molar-refractivity contribution in [3.8, 4) is 0 Å². The first-order valence-electron chi connectivity index (χ1n) is 4.82. The molecule has 1 saturated heterocycles. The lowest BCUT2D eigenvalue weighted by Gasteiger charge is -2.38. The minimum Gasteiger partial charge on any atom is -0.382 e. The van der Waals surface area contributed by atoms with E-state index >= 15 is 0 Å². The van der Waals surface area contributed by atoms with E-state index in [0.29, 0.717) is 25.7 Å². The first-order chi connectivity index (χ1) is 6.77. The van der Waals surface area contributed by atoms with Crippen LogP contribution in [0.5, 0.6) is 0 Å². The summed E-state index contributed by atoms with van der Waals surface area (Å²) in [6.45, 7) is 3.37. The second kappa shape index (κ2) is 5.95. The lowest BCUT2D eigenvalue weighted by Crippen LogP contribution is -2.53. The van der Waals surface area contributed by atoms with E-state index in [1.54, 1.807) is 12.0 Å². The summed E-state index contributed by atoms with van der Waals surface area (Å²) in [6, 6.07) is 0. The molecule has 0 saturated carbocycles. The molecule has 1 fully saturated rings. The summed E-state index contributed by atoms with van der Waals surface area (Å²) in [5.74, 6) is 0.531. The van der Waals surface area contributed by atoms with Crippen LogP contribution < -0.4 is 5.73 Å². The molecule has 5 nitrogen and oxygen atoms in total. The maximum atomic E-state index is 11.4. The van der Waals surface area contributed by atoms with Crippen LogP contribution in [0.1, 0.15) is 0 Å². The summed E-state index contributed by atoms with van der Waals surface area (Å²) in [6.07, 6.45) is 0. The van der Waals surface area contributed by atoms with Gasteiger partial charge in [0, 0.05) is 26.1 Å². The number of likely N-dealkylation sites (tertiary alicyclic amines) is 1. The normalized spacial score (nSPS) is 16.9. The first-order valence-corrected chi connectivity index (χ1v) is 4.82. The molecule has 0 aromatic carbocycles. The van der Waals surface area contributed by atoms with Gasteiger partial charge in [-0.1, -0.05) is 0 Å². The third kappa shape index (κ3) is 3.25. The molecule has 1 heterocycles. The van der Waals surface area contributed by atoms with Crippen molar-refractivity contribution in [2.24, 2.45) is 11.7 Å². The highest BCUT2D eigenvalue weighted by Gasteiger charge is 2.28. The Balaban J connectivity index is 2.00. The highest BCUT2D eigenvalue weighted by molar-refractivity contribution is 5.78. The number of methoxy groups -OCH3 is 1. The zero-order valence-electron chi connectivity index (χ0n) is 8.57. The number of rotatable bonds is 6. The van der Waals surface area contributed by atoms with Crippen LogP contribution in [-0.4, -0.2) is 57.4 Å². The van der Waals surface area contributed by atoms with E-state index < -0.39 is 0 Å². The van der Waals surface area contributed by atoms with Gasteiger partial charge in [0.05, 0.1) is 13.2 Å². The Kier molecular flexibility index (Phi) is 4.86. The van der Waals surface area contributed by atoms with Crippen LogP contribution >= 0.6 is 0 Å². The van der Waals surface area contributed by atoms with Gasteiger partial charge in [0.2, 0.25) is 5.91 Å². The molecular formula is C9H18N2O3. The minimum atomic E-state index is 0.0470. The Morgan fingerprint density at radius 2 is 2.21 bits per heavy atom. The topological polar surface area (TPSA) is 64.8 Å². The van der Waals surface area contributed by atoms with Crippen molar-refractivity contribution in [1.82, 2.24) is 4.90 Å². The maximum absolute atomic E-state index is 11.4. The Morgan fingerprint density at radius 1 is 1.50 bits per heavy atom. The first kappa shape index (κ1) is 11.4. The quantitative estimate of drug-likeness (QED) is 0.565. The third-order valence-electron chi connectivity index (χ3n) is 2.30. The summed E-state index contributed by atoms with van der Waals surface area (Å²) in [5, 5.41) is 0. The van der Waals surface area contributed by atoms with Gasteiger partial charge in [-0.3, -0.25) is 4.79 Å². The minimum absolute atomic E-state index is 0.0470. The van der Waals surface area contributed by atoms with E-state index in [9.17, 15) is 4.79 Å². The molecule has 0 aromatic rings. The van der Waals surface area contributed by atoms with Crippen LogP contribution in [0.25, 0.3) is 0 Å². The molecule has 1 aliphatic rings. The van der Waals surface area contributed by atoms with Crippen molar-refractivity contribution in [2.45, 2.75) is 0 Å². The molecule has 2 N–H and O–H groups in total. The number of carbonyl (C=O) groups is 1. The number of hydrogen-bond donors (Lipinski definition) is 1. The smallest absolute Gasteiger partial charge is 0.248 e. The molecule has 0 spiro atoms. The second-order valence-corrected chi connectivity index (χ2v) is 3.45. The van der Waals surface area contributed by atoms with E-state index in [4.69, 9.17) is 15.2 Å². The van der Waals surface area contributed by atoms with Crippen LogP contribution in [0.2, 0.25) is 0 Å². The third-order valence-corrected chi connectivity index (χ3v) is 2.30. The van der Waals surface area contributed by atoms with Gasteiger partial charge < -0.3 is 20.1 Å². The molecule has 82 valence electrons. The molecule has 1 amide bonds. The second-order valence-electron chi connectivity index (χ2n) is 3.45. The fourth-order valence-corrected chi connectivity index (χ4v) is 1.32. The lowest BCUT2D eigenvalue weighted by molar-refractivity contribution is -0.142. The van der Waals surface area contributed by atoms with Gasteiger partial charge in [-0.25, -0.2) is 0 Å². The number of ether oxygens (including phenoxy) is 2. The Morgan fingerprint density at radius 3 is 2.79 bits per heavy atom. The number of nitrogens with zero attached hydrogens (tertiary/aromatic N) is 1. The molecule has 0 radical (unpaired) electrons. The highest BCUT2D eigenvalue weighted by Crippen LogP contribution is 2.13. The van der Waals surface area contributed by atoms with Crippen molar-refractivity contribution >= 4 is 5.91 Å². The van der Waals surface area contributed by atoms with Crippen molar-refractivity contribution in [3.63, 3.8) is 0 Å². The molecule has 0 bridgehead atoms. The van der Waals surface area contributed by atoms with E-state index in [1.165, 1.54) is 0 Å². The monoisotopic (exact) mass is 202 g/mol. The Hall–Kier alpha value is -0.650. The van der Waals surface area contributed by atoms with Gasteiger partial charge in [0.1, 0.15) is 6.61 Å². The molecule has 5 heteroatoms.